The molecular weight excluding hydrogens is 207 g/mol. The standard InChI is InChI=1S/C10H13BN2O3/c14-10(7-2-1-3-7)13-9-4-8(11(15)16)5-12-6-9/h4-7,15-16H,1-3H2,(H,13,14). The Hall–Kier alpha value is -1.40. The van der Waals surface area contributed by atoms with Crippen molar-refractivity contribution in [3.8, 4) is 0 Å². The number of pyridine rings is 1. The van der Waals surface area contributed by atoms with Crippen LogP contribution in [0.1, 0.15) is 19.3 Å². The van der Waals surface area contributed by atoms with Crippen molar-refractivity contribution >= 4 is 24.2 Å². The normalized spacial score (nSPS) is 15.4. The van der Waals surface area contributed by atoms with Crippen molar-refractivity contribution in [3.05, 3.63) is 18.5 Å². The molecule has 5 nitrogen and oxygen atoms in total. The van der Waals surface area contributed by atoms with Crippen molar-refractivity contribution in [3.63, 3.8) is 0 Å². The molecule has 3 N–H and O–H groups in total. The molecule has 2 rings (SSSR count). The molecule has 1 aliphatic carbocycles. The highest BCUT2D eigenvalue weighted by atomic mass is 16.4. The number of rotatable bonds is 3. The van der Waals surface area contributed by atoms with E-state index in [2.05, 4.69) is 10.3 Å². The van der Waals surface area contributed by atoms with E-state index in [1.165, 1.54) is 18.5 Å². The maximum Gasteiger partial charge on any atom is 0.490 e. The third-order valence-electron chi connectivity index (χ3n) is 2.80. The van der Waals surface area contributed by atoms with Crippen LogP contribution in [0.5, 0.6) is 0 Å². The minimum atomic E-state index is -1.56. The quantitative estimate of drug-likeness (QED) is 0.599. The second-order valence-corrected chi connectivity index (χ2v) is 4.00. The molecule has 1 saturated carbocycles. The number of nitrogens with zero attached hydrogens (tertiary/aromatic N) is 1. The van der Waals surface area contributed by atoms with Gasteiger partial charge in [0.15, 0.2) is 0 Å². The molecule has 0 saturated heterocycles. The van der Waals surface area contributed by atoms with Gasteiger partial charge in [0.2, 0.25) is 5.91 Å². The fourth-order valence-electron chi connectivity index (χ4n) is 1.58. The summed E-state index contributed by atoms with van der Waals surface area (Å²) < 4.78 is 0. The Morgan fingerprint density at radius 2 is 2.19 bits per heavy atom. The van der Waals surface area contributed by atoms with E-state index < -0.39 is 7.12 Å². The zero-order chi connectivity index (χ0) is 11.5. The molecule has 0 spiro atoms. The van der Waals surface area contributed by atoms with Gasteiger partial charge in [-0.1, -0.05) is 6.42 Å². The van der Waals surface area contributed by atoms with Crippen molar-refractivity contribution in [2.45, 2.75) is 19.3 Å². The molecule has 0 radical (unpaired) electrons. The van der Waals surface area contributed by atoms with Crippen LogP contribution in [0.15, 0.2) is 18.5 Å². The molecule has 16 heavy (non-hydrogen) atoms. The zero-order valence-corrected chi connectivity index (χ0v) is 8.76. The number of nitrogens with one attached hydrogen (secondary N) is 1. The van der Waals surface area contributed by atoms with Gasteiger partial charge in [-0.3, -0.25) is 9.78 Å². The summed E-state index contributed by atoms with van der Waals surface area (Å²) in [6, 6.07) is 1.51. The summed E-state index contributed by atoms with van der Waals surface area (Å²) in [5, 5.41) is 20.6. The summed E-state index contributed by atoms with van der Waals surface area (Å²) in [5.41, 5.74) is 0.772. The van der Waals surface area contributed by atoms with Crippen LogP contribution in [0.3, 0.4) is 0 Å². The molecule has 1 heterocycles. The van der Waals surface area contributed by atoms with E-state index in [0.29, 0.717) is 5.69 Å². The average Bonchev–Trinajstić information content (AvgIpc) is 2.15. The Morgan fingerprint density at radius 3 is 2.75 bits per heavy atom. The topological polar surface area (TPSA) is 82.5 Å². The Bertz CT molecular complexity index is 393. The fourth-order valence-corrected chi connectivity index (χ4v) is 1.58. The van der Waals surface area contributed by atoms with E-state index in [0.717, 1.165) is 19.3 Å². The highest BCUT2D eigenvalue weighted by molar-refractivity contribution is 6.58. The summed E-state index contributed by atoms with van der Waals surface area (Å²) in [5.74, 6) is 0.0836. The molecule has 0 bridgehead atoms. The van der Waals surface area contributed by atoms with Gasteiger partial charge in [-0.15, -0.1) is 0 Å². The molecule has 6 heteroatoms. The number of hydrogen-bond acceptors (Lipinski definition) is 4. The molecule has 84 valence electrons. The van der Waals surface area contributed by atoms with E-state index in [9.17, 15) is 4.79 Å². The van der Waals surface area contributed by atoms with Crippen molar-refractivity contribution in [2.24, 2.45) is 5.92 Å². The number of carbonyl (C=O) groups is 1. The van der Waals surface area contributed by atoms with Crippen LogP contribution in [0, 0.1) is 5.92 Å². The molecule has 1 aromatic heterocycles. The number of carbonyl (C=O) groups excluding carboxylic acids is 1. The molecule has 1 fully saturated rings. The van der Waals surface area contributed by atoms with Gasteiger partial charge < -0.3 is 15.4 Å². The third kappa shape index (κ3) is 2.40. The van der Waals surface area contributed by atoms with Crippen molar-refractivity contribution in [2.75, 3.05) is 5.32 Å². The van der Waals surface area contributed by atoms with Crippen molar-refractivity contribution in [1.29, 1.82) is 0 Å². The largest absolute Gasteiger partial charge is 0.490 e. The number of aromatic nitrogens is 1. The minimum absolute atomic E-state index is 0.0161. The summed E-state index contributed by atoms with van der Waals surface area (Å²) in [4.78, 5) is 15.4. The predicted molar refractivity (Wildman–Crippen MR) is 60.0 cm³/mol. The van der Waals surface area contributed by atoms with Gasteiger partial charge in [0.25, 0.3) is 0 Å². The summed E-state index contributed by atoms with van der Waals surface area (Å²) in [6.45, 7) is 0. The molecule has 0 unspecified atom stereocenters. The van der Waals surface area contributed by atoms with Crippen LogP contribution in [0.2, 0.25) is 0 Å². The van der Waals surface area contributed by atoms with Gasteiger partial charge in [-0.2, -0.15) is 0 Å². The highest BCUT2D eigenvalue weighted by Gasteiger charge is 2.25. The lowest BCUT2D eigenvalue weighted by molar-refractivity contribution is -0.122. The number of hydrogen-bond donors (Lipinski definition) is 3. The van der Waals surface area contributed by atoms with E-state index in [1.807, 2.05) is 0 Å². The van der Waals surface area contributed by atoms with Crippen LogP contribution >= 0.6 is 0 Å². The first-order valence-electron chi connectivity index (χ1n) is 5.29. The monoisotopic (exact) mass is 220 g/mol. The van der Waals surface area contributed by atoms with Gasteiger partial charge in [0.05, 0.1) is 11.9 Å². The van der Waals surface area contributed by atoms with Gasteiger partial charge in [-0.25, -0.2) is 0 Å². The first-order valence-corrected chi connectivity index (χ1v) is 5.29. The molecule has 0 aliphatic heterocycles. The summed E-state index contributed by atoms with van der Waals surface area (Å²) in [7, 11) is -1.56. The van der Waals surface area contributed by atoms with Gasteiger partial charge in [0, 0.05) is 17.6 Å². The van der Waals surface area contributed by atoms with Crippen molar-refractivity contribution < 1.29 is 14.8 Å². The number of anilines is 1. The SMILES string of the molecule is O=C(Nc1cncc(B(O)O)c1)C1CCC1. The number of amides is 1. The predicted octanol–water partition coefficient (Wildman–Crippen LogP) is -0.500. The second kappa shape index (κ2) is 4.63. The average molecular weight is 220 g/mol. The smallest absolute Gasteiger partial charge is 0.423 e. The Balaban J connectivity index is 2.03. The molecule has 0 atom stereocenters. The maximum atomic E-state index is 11.6. The van der Waals surface area contributed by atoms with E-state index in [1.54, 1.807) is 0 Å². The Kier molecular flexibility index (Phi) is 3.21. The van der Waals surface area contributed by atoms with Crippen LogP contribution in [-0.4, -0.2) is 28.1 Å². The van der Waals surface area contributed by atoms with Gasteiger partial charge >= 0.3 is 7.12 Å². The molecule has 0 aromatic carbocycles. The molecule has 1 aliphatic rings. The third-order valence-corrected chi connectivity index (χ3v) is 2.80. The fraction of sp³-hybridized carbons (Fsp3) is 0.400. The summed E-state index contributed by atoms with van der Waals surface area (Å²) >= 11 is 0. The van der Waals surface area contributed by atoms with E-state index in [-0.39, 0.29) is 17.3 Å². The van der Waals surface area contributed by atoms with Crippen molar-refractivity contribution in [1.82, 2.24) is 4.98 Å². The van der Waals surface area contributed by atoms with E-state index >= 15 is 0 Å². The maximum absolute atomic E-state index is 11.6. The molecule has 1 aromatic rings. The molecular formula is C10H13BN2O3. The van der Waals surface area contributed by atoms with Crippen LogP contribution in [0.4, 0.5) is 5.69 Å². The minimum Gasteiger partial charge on any atom is -0.423 e. The van der Waals surface area contributed by atoms with Crippen LogP contribution in [-0.2, 0) is 4.79 Å². The first kappa shape index (κ1) is 11.1. The van der Waals surface area contributed by atoms with E-state index in [4.69, 9.17) is 10.0 Å². The lowest BCUT2D eigenvalue weighted by Gasteiger charge is -2.24. The Labute approximate surface area is 93.7 Å². The second-order valence-electron chi connectivity index (χ2n) is 4.00. The van der Waals surface area contributed by atoms with Gasteiger partial charge in [0.1, 0.15) is 0 Å². The zero-order valence-electron chi connectivity index (χ0n) is 8.76. The lowest BCUT2D eigenvalue weighted by Crippen LogP contribution is -2.32. The first-order chi connectivity index (χ1) is 7.66. The van der Waals surface area contributed by atoms with Crippen LogP contribution in [0.25, 0.3) is 0 Å². The highest BCUT2D eigenvalue weighted by Crippen LogP contribution is 2.27. The van der Waals surface area contributed by atoms with Crippen LogP contribution < -0.4 is 10.8 Å². The lowest BCUT2D eigenvalue weighted by atomic mass is 9.81. The van der Waals surface area contributed by atoms with Gasteiger partial charge in [-0.05, 0) is 18.9 Å². The Morgan fingerprint density at radius 1 is 1.44 bits per heavy atom. The molecule has 1 amide bonds. The summed E-state index contributed by atoms with van der Waals surface area (Å²) in [6.07, 6.45) is 5.81.